The summed E-state index contributed by atoms with van der Waals surface area (Å²) in [4.78, 5) is 16.1. The summed E-state index contributed by atoms with van der Waals surface area (Å²) in [5, 5.41) is 0. The lowest BCUT2D eigenvalue weighted by Gasteiger charge is -2.33. The number of pyridine rings is 1. The second-order valence-corrected chi connectivity index (χ2v) is 7.09. The standard InChI is InChI=1S/C22H24N4/c1-17-4-2-5-19(14-17)21-22(25-12-11-24-21)20-6-3-13-26(16-20)15-18-7-9-23-10-8-18/h2,4-5,7-12,14,20H,3,6,13,15-16H2,1H3. The summed E-state index contributed by atoms with van der Waals surface area (Å²) >= 11 is 0. The zero-order chi connectivity index (χ0) is 17.8. The predicted molar refractivity (Wildman–Crippen MR) is 104 cm³/mol. The molecule has 4 heteroatoms. The molecule has 1 saturated heterocycles. The van der Waals surface area contributed by atoms with Crippen molar-refractivity contribution in [1.29, 1.82) is 0 Å². The van der Waals surface area contributed by atoms with E-state index in [1.165, 1.54) is 29.5 Å². The van der Waals surface area contributed by atoms with Crippen LogP contribution >= 0.6 is 0 Å². The largest absolute Gasteiger partial charge is 0.298 e. The van der Waals surface area contributed by atoms with Crippen molar-refractivity contribution in [3.63, 3.8) is 0 Å². The minimum atomic E-state index is 0.426. The van der Waals surface area contributed by atoms with Crippen molar-refractivity contribution < 1.29 is 0 Å². The molecular weight excluding hydrogens is 320 g/mol. The topological polar surface area (TPSA) is 41.9 Å². The molecule has 0 N–H and O–H groups in total. The Hall–Kier alpha value is -2.59. The van der Waals surface area contributed by atoms with Crippen LogP contribution in [0.3, 0.4) is 0 Å². The molecule has 0 amide bonds. The van der Waals surface area contributed by atoms with E-state index in [1.54, 1.807) is 6.20 Å². The SMILES string of the molecule is Cc1cccc(-c2nccnc2C2CCCN(Cc3ccncc3)C2)c1. The van der Waals surface area contributed by atoms with Gasteiger partial charge in [-0.25, -0.2) is 0 Å². The highest BCUT2D eigenvalue weighted by molar-refractivity contribution is 5.63. The Labute approximate surface area is 155 Å². The van der Waals surface area contributed by atoms with E-state index in [0.29, 0.717) is 5.92 Å². The Morgan fingerprint density at radius 1 is 1.04 bits per heavy atom. The molecule has 3 heterocycles. The first-order valence-electron chi connectivity index (χ1n) is 9.29. The zero-order valence-electron chi connectivity index (χ0n) is 15.2. The molecule has 1 aliphatic rings. The quantitative estimate of drug-likeness (QED) is 0.710. The van der Waals surface area contributed by atoms with Gasteiger partial charge in [0.15, 0.2) is 0 Å². The van der Waals surface area contributed by atoms with Crippen molar-refractivity contribution in [3.05, 3.63) is 78.0 Å². The fourth-order valence-corrected chi connectivity index (χ4v) is 3.83. The Morgan fingerprint density at radius 3 is 2.73 bits per heavy atom. The van der Waals surface area contributed by atoms with E-state index in [0.717, 1.165) is 31.0 Å². The number of aromatic nitrogens is 3. The molecule has 1 aromatic carbocycles. The molecule has 0 aliphatic carbocycles. The molecule has 1 atom stereocenters. The van der Waals surface area contributed by atoms with Crippen molar-refractivity contribution >= 4 is 0 Å². The van der Waals surface area contributed by atoms with Gasteiger partial charge in [0, 0.05) is 49.4 Å². The monoisotopic (exact) mass is 344 g/mol. The third-order valence-corrected chi connectivity index (χ3v) is 5.07. The van der Waals surface area contributed by atoms with Gasteiger partial charge in [0.05, 0.1) is 11.4 Å². The van der Waals surface area contributed by atoms with Gasteiger partial charge in [0.1, 0.15) is 0 Å². The van der Waals surface area contributed by atoms with Crippen LogP contribution in [-0.2, 0) is 6.54 Å². The highest BCUT2D eigenvalue weighted by Gasteiger charge is 2.25. The highest BCUT2D eigenvalue weighted by atomic mass is 15.1. The van der Waals surface area contributed by atoms with Gasteiger partial charge in [-0.3, -0.25) is 19.9 Å². The molecule has 1 fully saturated rings. The fourth-order valence-electron chi connectivity index (χ4n) is 3.83. The number of hydrogen-bond acceptors (Lipinski definition) is 4. The molecule has 0 bridgehead atoms. The molecule has 4 rings (SSSR count). The number of piperidine rings is 1. The van der Waals surface area contributed by atoms with Gasteiger partial charge in [-0.1, -0.05) is 23.8 Å². The van der Waals surface area contributed by atoms with Crippen LogP contribution in [0, 0.1) is 6.92 Å². The van der Waals surface area contributed by atoms with E-state index in [4.69, 9.17) is 4.98 Å². The van der Waals surface area contributed by atoms with Gasteiger partial charge < -0.3 is 0 Å². The number of aryl methyl sites for hydroxylation is 1. The Kier molecular flexibility index (Phi) is 5.02. The zero-order valence-corrected chi connectivity index (χ0v) is 15.2. The number of rotatable bonds is 4. The van der Waals surface area contributed by atoms with Gasteiger partial charge in [-0.05, 0) is 50.1 Å². The third-order valence-electron chi connectivity index (χ3n) is 5.07. The molecule has 0 radical (unpaired) electrons. The average molecular weight is 344 g/mol. The van der Waals surface area contributed by atoms with Crippen molar-refractivity contribution in [2.45, 2.75) is 32.2 Å². The van der Waals surface area contributed by atoms with E-state index >= 15 is 0 Å². The Morgan fingerprint density at radius 2 is 1.88 bits per heavy atom. The van der Waals surface area contributed by atoms with Gasteiger partial charge in [-0.15, -0.1) is 0 Å². The summed E-state index contributed by atoms with van der Waals surface area (Å²) in [6.07, 6.45) is 9.74. The van der Waals surface area contributed by atoms with E-state index in [-0.39, 0.29) is 0 Å². The maximum atomic E-state index is 4.75. The molecule has 2 aromatic heterocycles. The molecule has 26 heavy (non-hydrogen) atoms. The average Bonchev–Trinajstić information content (AvgIpc) is 2.69. The van der Waals surface area contributed by atoms with Gasteiger partial charge in [0.2, 0.25) is 0 Å². The second kappa shape index (κ2) is 7.75. The minimum absolute atomic E-state index is 0.426. The van der Waals surface area contributed by atoms with Crippen molar-refractivity contribution in [1.82, 2.24) is 19.9 Å². The molecule has 1 unspecified atom stereocenters. The van der Waals surface area contributed by atoms with Crippen molar-refractivity contribution in [3.8, 4) is 11.3 Å². The van der Waals surface area contributed by atoms with Crippen LogP contribution in [-0.4, -0.2) is 32.9 Å². The maximum Gasteiger partial charge on any atom is 0.0920 e. The molecular formula is C22H24N4. The van der Waals surface area contributed by atoms with Crippen LogP contribution in [0.2, 0.25) is 0 Å². The van der Waals surface area contributed by atoms with Gasteiger partial charge in [-0.2, -0.15) is 0 Å². The van der Waals surface area contributed by atoms with Crippen LogP contribution in [0.15, 0.2) is 61.2 Å². The van der Waals surface area contributed by atoms with Crippen LogP contribution in [0.4, 0.5) is 0 Å². The van der Waals surface area contributed by atoms with Gasteiger partial charge in [0.25, 0.3) is 0 Å². The second-order valence-electron chi connectivity index (χ2n) is 7.09. The third kappa shape index (κ3) is 3.81. The normalized spacial score (nSPS) is 18.0. The maximum absolute atomic E-state index is 4.75. The summed E-state index contributed by atoms with van der Waals surface area (Å²) in [6, 6.07) is 12.8. The molecule has 0 spiro atoms. The first-order chi connectivity index (χ1) is 12.8. The first kappa shape index (κ1) is 16.9. The lowest BCUT2D eigenvalue weighted by molar-refractivity contribution is 0.198. The predicted octanol–water partition coefficient (Wildman–Crippen LogP) is 4.23. The number of hydrogen-bond donors (Lipinski definition) is 0. The fraction of sp³-hybridized carbons (Fsp3) is 0.318. The van der Waals surface area contributed by atoms with E-state index < -0.39 is 0 Å². The lowest BCUT2D eigenvalue weighted by Crippen LogP contribution is -2.34. The van der Waals surface area contributed by atoms with Crippen LogP contribution in [0.1, 0.15) is 35.6 Å². The summed E-state index contributed by atoms with van der Waals surface area (Å²) < 4.78 is 0. The lowest BCUT2D eigenvalue weighted by atomic mass is 9.91. The molecule has 3 aromatic rings. The minimum Gasteiger partial charge on any atom is -0.298 e. The Bertz CT molecular complexity index is 863. The number of benzene rings is 1. The van der Waals surface area contributed by atoms with Crippen molar-refractivity contribution in [2.24, 2.45) is 0 Å². The van der Waals surface area contributed by atoms with Crippen LogP contribution < -0.4 is 0 Å². The van der Waals surface area contributed by atoms with Gasteiger partial charge >= 0.3 is 0 Å². The Balaban J connectivity index is 1.57. The molecule has 4 nitrogen and oxygen atoms in total. The first-order valence-corrected chi connectivity index (χ1v) is 9.29. The smallest absolute Gasteiger partial charge is 0.0920 e. The highest BCUT2D eigenvalue weighted by Crippen LogP contribution is 2.32. The van der Waals surface area contributed by atoms with Crippen molar-refractivity contribution in [2.75, 3.05) is 13.1 Å². The molecule has 0 saturated carbocycles. The number of nitrogens with zero attached hydrogens (tertiary/aromatic N) is 4. The van der Waals surface area contributed by atoms with E-state index in [2.05, 4.69) is 58.2 Å². The summed E-state index contributed by atoms with van der Waals surface area (Å²) in [7, 11) is 0. The number of likely N-dealkylation sites (tertiary alicyclic amines) is 1. The summed E-state index contributed by atoms with van der Waals surface area (Å²) in [6.45, 7) is 5.26. The molecule has 1 aliphatic heterocycles. The van der Waals surface area contributed by atoms with E-state index in [9.17, 15) is 0 Å². The summed E-state index contributed by atoms with van der Waals surface area (Å²) in [5.74, 6) is 0.426. The van der Waals surface area contributed by atoms with Crippen LogP contribution in [0.5, 0.6) is 0 Å². The van der Waals surface area contributed by atoms with Crippen LogP contribution in [0.25, 0.3) is 11.3 Å². The van der Waals surface area contributed by atoms with E-state index in [1.807, 2.05) is 18.6 Å². The summed E-state index contributed by atoms with van der Waals surface area (Å²) in [5.41, 5.74) is 5.91. The molecule has 132 valence electrons.